The first-order valence-electron chi connectivity index (χ1n) is 9.71. The molecular weight excluding hydrogens is 300 g/mol. The fourth-order valence-corrected chi connectivity index (χ4v) is 7.27. The molecule has 0 aromatic heterocycles. The molecule has 24 heavy (non-hydrogen) atoms. The van der Waals surface area contributed by atoms with Gasteiger partial charge in [0.1, 0.15) is 5.78 Å². The standard InChI is InChI=1S/C21H30O3/c1-12(22)15-4-5-16-14-11-19(24)18-10-13(23)6-8-21(18,3)17(14)7-9-20(15,16)2/h10,14-17,19,24H,4-9,11H2,1-3H3. The van der Waals surface area contributed by atoms with Crippen molar-refractivity contribution in [2.24, 2.45) is 34.5 Å². The molecule has 0 radical (unpaired) electrons. The number of aliphatic hydroxyl groups excluding tert-OH is 1. The first kappa shape index (κ1) is 16.5. The number of Topliss-reactive ketones (excluding diaryl/α,β-unsaturated/α-hetero) is 1. The van der Waals surface area contributed by atoms with Gasteiger partial charge in [0.15, 0.2) is 5.78 Å². The van der Waals surface area contributed by atoms with E-state index in [0.717, 1.165) is 44.1 Å². The minimum Gasteiger partial charge on any atom is -0.389 e. The molecule has 3 nitrogen and oxygen atoms in total. The Balaban J connectivity index is 1.71. The molecule has 0 spiro atoms. The topological polar surface area (TPSA) is 54.4 Å². The maximum Gasteiger partial charge on any atom is 0.155 e. The number of hydrogen-bond donors (Lipinski definition) is 1. The van der Waals surface area contributed by atoms with E-state index in [2.05, 4.69) is 13.8 Å². The van der Waals surface area contributed by atoms with Crippen LogP contribution in [0.3, 0.4) is 0 Å². The van der Waals surface area contributed by atoms with Crippen molar-refractivity contribution in [2.75, 3.05) is 0 Å². The van der Waals surface area contributed by atoms with E-state index < -0.39 is 6.10 Å². The lowest BCUT2D eigenvalue weighted by Gasteiger charge is -2.59. The molecule has 4 aliphatic carbocycles. The molecule has 4 rings (SSSR count). The summed E-state index contributed by atoms with van der Waals surface area (Å²) < 4.78 is 0. The van der Waals surface area contributed by atoms with Crippen LogP contribution in [0.4, 0.5) is 0 Å². The lowest BCUT2D eigenvalue weighted by Crippen LogP contribution is -2.54. The van der Waals surface area contributed by atoms with E-state index in [1.54, 1.807) is 13.0 Å². The van der Waals surface area contributed by atoms with Crippen LogP contribution in [0.15, 0.2) is 11.6 Å². The van der Waals surface area contributed by atoms with Crippen LogP contribution in [0.25, 0.3) is 0 Å². The fourth-order valence-electron chi connectivity index (χ4n) is 7.27. The molecule has 3 fully saturated rings. The molecule has 0 bridgehead atoms. The monoisotopic (exact) mass is 330 g/mol. The average molecular weight is 330 g/mol. The van der Waals surface area contributed by atoms with Crippen molar-refractivity contribution >= 4 is 11.6 Å². The van der Waals surface area contributed by atoms with Gasteiger partial charge in [-0.25, -0.2) is 0 Å². The Kier molecular flexibility index (Phi) is 3.62. The summed E-state index contributed by atoms with van der Waals surface area (Å²) in [4.78, 5) is 24.1. The maximum absolute atomic E-state index is 12.2. The lowest BCUT2D eigenvalue weighted by atomic mass is 9.46. The van der Waals surface area contributed by atoms with Crippen molar-refractivity contribution in [2.45, 2.75) is 71.8 Å². The molecule has 0 amide bonds. The second-order valence-corrected chi connectivity index (χ2v) is 9.40. The number of carbonyl (C=O) groups excluding carboxylic acids is 2. The zero-order valence-corrected chi connectivity index (χ0v) is 15.2. The summed E-state index contributed by atoms with van der Waals surface area (Å²) in [6, 6.07) is 0. The number of aliphatic hydroxyl groups is 1. The predicted octanol–water partition coefficient (Wildman–Crippen LogP) is 3.69. The van der Waals surface area contributed by atoms with Gasteiger partial charge in [0.2, 0.25) is 0 Å². The first-order chi connectivity index (χ1) is 11.3. The fraction of sp³-hybridized carbons (Fsp3) is 0.810. The molecule has 0 heterocycles. The van der Waals surface area contributed by atoms with Gasteiger partial charge < -0.3 is 5.11 Å². The summed E-state index contributed by atoms with van der Waals surface area (Å²) in [6.45, 7) is 6.37. The van der Waals surface area contributed by atoms with Crippen molar-refractivity contribution in [3.8, 4) is 0 Å². The summed E-state index contributed by atoms with van der Waals surface area (Å²) in [7, 11) is 0. The molecule has 7 unspecified atom stereocenters. The van der Waals surface area contributed by atoms with E-state index in [9.17, 15) is 14.7 Å². The predicted molar refractivity (Wildman–Crippen MR) is 92.3 cm³/mol. The van der Waals surface area contributed by atoms with Crippen molar-refractivity contribution < 1.29 is 14.7 Å². The van der Waals surface area contributed by atoms with Crippen LogP contribution in [-0.2, 0) is 9.59 Å². The Hall–Kier alpha value is -0.960. The second kappa shape index (κ2) is 5.27. The third kappa shape index (κ3) is 2.06. The molecule has 3 saturated carbocycles. The zero-order valence-electron chi connectivity index (χ0n) is 15.2. The van der Waals surface area contributed by atoms with Gasteiger partial charge >= 0.3 is 0 Å². The van der Waals surface area contributed by atoms with E-state index in [1.807, 2.05) is 0 Å². The molecule has 0 aromatic rings. The Morgan fingerprint density at radius 1 is 1.17 bits per heavy atom. The number of hydrogen-bond acceptors (Lipinski definition) is 3. The molecule has 1 N–H and O–H groups in total. The average Bonchev–Trinajstić information content (AvgIpc) is 2.87. The molecule has 0 aromatic carbocycles. The second-order valence-electron chi connectivity index (χ2n) is 9.40. The summed E-state index contributed by atoms with van der Waals surface area (Å²) in [5.74, 6) is 2.35. The van der Waals surface area contributed by atoms with Crippen LogP contribution in [0.1, 0.15) is 65.7 Å². The summed E-state index contributed by atoms with van der Waals surface area (Å²) >= 11 is 0. The van der Waals surface area contributed by atoms with Crippen LogP contribution in [-0.4, -0.2) is 22.8 Å². The summed E-state index contributed by atoms with van der Waals surface area (Å²) in [6.07, 6.45) is 7.97. The molecule has 4 aliphatic rings. The van der Waals surface area contributed by atoms with Crippen LogP contribution in [0.5, 0.6) is 0 Å². The van der Waals surface area contributed by atoms with Crippen LogP contribution in [0, 0.1) is 34.5 Å². The van der Waals surface area contributed by atoms with E-state index in [-0.39, 0.29) is 22.5 Å². The van der Waals surface area contributed by atoms with E-state index in [1.165, 1.54) is 0 Å². The molecule has 7 atom stereocenters. The highest BCUT2D eigenvalue weighted by Gasteiger charge is 2.61. The highest BCUT2D eigenvalue weighted by Crippen LogP contribution is 2.66. The van der Waals surface area contributed by atoms with Gasteiger partial charge in [-0.15, -0.1) is 0 Å². The van der Waals surface area contributed by atoms with Crippen molar-refractivity contribution in [1.29, 1.82) is 0 Å². The summed E-state index contributed by atoms with van der Waals surface area (Å²) in [5, 5.41) is 10.8. The minimum atomic E-state index is -0.473. The largest absolute Gasteiger partial charge is 0.389 e. The van der Waals surface area contributed by atoms with Gasteiger partial charge in [0, 0.05) is 12.3 Å². The third-order valence-corrected chi connectivity index (χ3v) is 8.47. The van der Waals surface area contributed by atoms with Crippen molar-refractivity contribution in [3.63, 3.8) is 0 Å². The molecule has 132 valence electrons. The van der Waals surface area contributed by atoms with Gasteiger partial charge in [0.05, 0.1) is 6.10 Å². The normalized spacial score (nSPS) is 50.6. The van der Waals surface area contributed by atoms with Gasteiger partial charge in [-0.1, -0.05) is 13.8 Å². The highest BCUT2D eigenvalue weighted by atomic mass is 16.3. The van der Waals surface area contributed by atoms with Gasteiger partial charge in [-0.05, 0) is 85.7 Å². The van der Waals surface area contributed by atoms with Crippen LogP contribution >= 0.6 is 0 Å². The van der Waals surface area contributed by atoms with E-state index in [4.69, 9.17) is 0 Å². The highest BCUT2D eigenvalue weighted by molar-refractivity contribution is 5.91. The Morgan fingerprint density at radius 3 is 2.62 bits per heavy atom. The van der Waals surface area contributed by atoms with E-state index in [0.29, 0.717) is 30.0 Å². The van der Waals surface area contributed by atoms with Gasteiger partial charge in [0.25, 0.3) is 0 Å². The lowest BCUT2D eigenvalue weighted by molar-refractivity contribution is -0.130. The number of carbonyl (C=O) groups is 2. The summed E-state index contributed by atoms with van der Waals surface area (Å²) in [5.41, 5.74) is 1.10. The zero-order chi connectivity index (χ0) is 17.3. The van der Waals surface area contributed by atoms with E-state index >= 15 is 0 Å². The SMILES string of the molecule is CC(=O)C1CCC2C3CC(O)C4=CC(=O)CCC4(C)C3CCC12C. The van der Waals surface area contributed by atoms with Gasteiger partial charge in [-0.2, -0.15) is 0 Å². The minimum absolute atomic E-state index is 0.0219. The number of rotatable bonds is 1. The first-order valence-corrected chi connectivity index (χ1v) is 9.71. The Morgan fingerprint density at radius 2 is 1.92 bits per heavy atom. The van der Waals surface area contributed by atoms with Crippen molar-refractivity contribution in [1.82, 2.24) is 0 Å². The molecule has 0 aliphatic heterocycles. The third-order valence-electron chi connectivity index (χ3n) is 8.47. The number of fused-ring (bicyclic) bond motifs is 5. The smallest absolute Gasteiger partial charge is 0.155 e. The Bertz CT molecular complexity index is 621. The van der Waals surface area contributed by atoms with Crippen LogP contribution in [0.2, 0.25) is 0 Å². The van der Waals surface area contributed by atoms with Crippen LogP contribution < -0.4 is 0 Å². The number of ketones is 2. The molecular formula is C21H30O3. The van der Waals surface area contributed by atoms with Crippen molar-refractivity contribution in [3.05, 3.63) is 11.6 Å². The Labute approximate surface area is 144 Å². The maximum atomic E-state index is 12.2. The molecule has 3 heteroatoms. The van der Waals surface area contributed by atoms with Gasteiger partial charge in [-0.3, -0.25) is 9.59 Å². The quantitative estimate of drug-likeness (QED) is 0.797. The molecule has 0 saturated heterocycles.